The molecule has 1 aromatic heterocycles. The summed E-state index contributed by atoms with van der Waals surface area (Å²) in [5.41, 5.74) is 1.83. The molecular formula is C18H17Cl2N3O2. The first-order valence-corrected chi connectivity index (χ1v) is 8.70. The van der Waals surface area contributed by atoms with Gasteiger partial charge in [0, 0.05) is 34.2 Å². The van der Waals surface area contributed by atoms with Crippen molar-refractivity contribution >= 4 is 40.7 Å². The van der Waals surface area contributed by atoms with Gasteiger partial charge in [0.05, 0.1) is 5.56 Å². The van der Waals surface area contributed by atoms with E-state index in [-0.39, 0.29) is 11.8 Å². The number of benzene rings is 1. The Hall–Kier alpha value is -2.11. The molecule has 0 bridgehead atoms. The van der Waals surface area contributed by atoms with Gasteiger partial charge in [-0.1, -0.05) is 23.2 Å². The van der Waals surface area contributed by atoms with Crippen LogP contribution in [-0.4, -0.2) is 34.3 Å². The fourth-order valence-corrected chi connectivity index (χ4v) is 3.42. The summed E-state index contributed by atoms with van der Waals surface area (Å²) in [5, 5.41) is 3.67. The summed E-state index contributed by atoms with van der Waals surface area (Å²) in [6.45, 7) is 2.40. The van der Waals surface area contributed by atoms with Gasteiger partial charge in [0.2, 0.25) is 5.91 Å². The van der Waals surface area contributed by atoms with Gasteiger partial charge in [-0.05, 0) is 50.1 Å². The molecule has 2 aromatic rings. The predicted molar refractivity (Wildman–Crippen MR) is 98.1 cm³/mol. The van der Waals surface area contributed by atoms with Crippen molar-refractivity contribution in [1.82, 2.24) is 9.88 Å². The van der Waals surface area contributed by atoms with Crippen LogP contribution >= 0.6 is 23.2 Å². The number of nitrogens with zero attached hydrogens (tertiary/aromatic N) is 2. The number of carbonyl (C=O) groups excluding carboxylic acids is 2. The highest BCUT2D eigenvalue weighted by molar-refractivity contribution is 6.35. The monoisotopic (exact) mass is 377 g/mol. The summed E-state index contributed by atoms with van der Waals surface area (Å²) in [5.74, 6) is -0.432. The van der Waals surface area contributed by atoms with Crippen molar-refractivity contribution in [2.75, 3.05) is 11.9 Å². The van der Waals surface area contributed by atoms with E-state index in [1.54, 1.807) is 41.4 Å². The molecule has 7 heteroatoms. The van der Waals surface area contributed by atoms with Gasteiger partial charge in [0.25, 0.3) is 5.91 Å². The second kappa shape index (κ2) is 7.42. The maximum Gasteiger partial charge on any atom is 0.256 e. The second-order valence-corrected chi connectivity index (χ2v) is 6.87. The number of pyridine rings is 1. The maximum atomic E-state index is 12.7. The number of aryl methyl sites for hydroxylation is 1. The topological polar surface area (TPSA) is 62.3 Å². The Morgan fingerprint density at radius 1 is 1.20 bits per heavy atom. The lowest BCUT2D eigenvalue weighted by Gasteiger charge is -2.24. The Kier molecular flexibility index (Phi) is 5.25. The predicted octanol–water partition coefficient (Wildman–Crippen LogP) is 3.94. The summed E-state index contributed by atoms with van der Waals surface area (Å²) < 4.78 is 0. The number of nitrogens with one attached hydrogen (secondary N) is 1. The van der Waals surface area contributed by atoms with Crippen LogP contribution in [0.1, 0.15) is 28.9 Å². The number of anilines is 1. The minimum atomic E-state index is -0.522. The molecule has 1 aliphatic heterocycles. The molecule has 1 aromatic carbocycles. The zero-order valence-corrected chi connectivity index (χ0v) is 15.1. The fraction of sp³-hybridized carbons (Fsp3) is 0.278. The Labute approximate surface area is 155 Å². The van der Waals surface area contributed by atoms with Crippen LogP contribution in [0, 0.1) is 6.92 Å². The Morgan fingerprint density at radius 2 is 1.92 bits per heavy atom. The molecule has 0 saturated carbocycles. The summed E-state index contributed by atoms with van der Waals surface area (Å²) in [7, 11) is 0. The van der Waals surface area contributed by atoms with Gasteiger partial charge >= 0.3 is 0 Å². The van der Waals surface area contributed by atoms with Crippen molar-refractivity contribution in [3.63, 3.8) is 0 Å². The van der Waals surface area contributed by atoms with Gasteiger partial charge in [0.15, 0.2) is 0 Å². The largest absolute Gasteiger partial charge is 0.327 e. The van der Waals surface area contributed by atoms with E-state index in [9.17, 15) is 9.59 Å². The third-order valence-electron chi connectivity index (χ3n) is 4.10. The maximum absolute atomic E-state index is 12.7. The number of rotatable bonds is 3. The highest BCUT2D eigenvalue weighted by atomic mass is 35.5. The fourth-order valence-electron chi connectivity index (χ4n) is 2.89. The third-order valence-corrected chi connectivity index (χ3v) is 4.54. The van der Waals surface area contributed by atoms with E-state index < -0.39 is 6.04 Å². The average molecular weight is 378 g/mol. The van der Waals surface area contributed by atoms with Crippen LogP contribution in [0.5, 0.6) is 0 Å². The Balaban J connectivity index is 1.75. The van der Waals surface area contributed by atoms with E-state index in [1.807, 2.05) is 6.92 Å². The molecule has 1 saturated heterocycles. The number of halogens is 2. The number of likely N-dealkylation sites (tertiary alicyclic amines) is 1. The smallest absolute Gasteiger partial charge is 0.256 e. The first-order chi connectivity index (χ1) is 11.9. The molecule has 1 fully saturated rings. The third kappa shape index (κ3) is 4.11. The lowest BCUT2D eigenvalue weighted by Crippen LogP contribution is -2.43. The molecule has 0 spiro atoms. The lowest BCUT2D eigenvalue weighted by atomic mass is 10.1. The molecule has 5 nitrogen and oxygen atoms in total. The van der Waals surface area contributed by atoms with Crippen molar-refractivity contribution in [1.29, 1.82) is 0 Å². The van der Waals surface area contributed by atoms with E-state index in [4.69, 9.17) is 23.2 Å². The zero-order chi connectivity index (χ0) is 18.0. The molecule has 0 radical (unpaired) electrons. The van der Waals surface area contributed by atoms with Crippen molar-refractivity contribution in [3.8, 4) is 0 Å². The highest BCUT2D eigenvalue weighted by Crippen LogP contribution is 2.25. The van der Waals surface area contributed by atoms with Crippen LogP contribution in [0.15, 0.2) is 36.5 Å². The molecule has 0 aliphatic carbocycles. The molecule has 2 amide bonds. The number of carbonyl (C=O) groups is 2. The van der Waals surface area contributed by atoms with Crippen molar-refractivity contribution in [2.24, 2.45) is 0 Å². The first kappa shape index (κ1) is 17.7. The van der Waals surface area contributed by atoms with Crippen LogP contribution in [0.4, 0.5) is 5.69 Å². The first-order valence-electron chi connectivity index (χ1n) is 7.94. The number of aromatic nitrogens is 1. The average Bonchev–Trinajstić information content (AvgIpc) is 3.03. The molecule has 2 heterocycles. The highest BCUT2D eigenvalue weighted by Gasteiger charge is 2.34. The van der Waals surface area contributed by atoms with Crippen LogP contribution in [-0.2, 0) is 4.79 Å². The number of hydrogen-bond acceptors (Lipinski definition) is 3. The number of amides is 2. The van der Waals surface area contributed by atoms with Gasteiger partial charge in [-0.15, -0.1) is 0 Å². The number of hydrogen-bond donors (Lipinski definition) is 1. The van der Waals surface area contributed by atoms with Gasteiger partial charge in [-0.25, -0.2) is 0 Å². The molecule has 3 rings (SSSR count). The summed E-state index contributed by atoms with van der Waals surface area (Å²) in [6, 6.07) is 7.83. The van der Waals surface area contributed by atoms with Gasteiger partial charge in [0.1, 0.15) is 6.04 Å². The molecule has 0 unspecified atom stereocenters. The second-order valence-electron chi connectivity index (χ2n) is 5.99. The zero-order valence-electron chi connectivity index (χ0n) is 13.6. The minimum Gasteiger partial charge on any atom is -0.327 e. The van der Waals surface area contributed by atoms with E-state index in [0.29, 0.717) is 34.3 Å². The summed E-state index contributed by atoms with van der Waals surface area (Å²) in [4.78, 5) is 31.1. The van der Waals surface area contributed by atoms with E-state index in [0.717, 1.165) is 12.1 Å². The van der Waals surface area contributed by atoms with Crippen molar-refractivity contribution in [2.45, 2.75) is 25.8 Å². The van der Waals surface area contributed by atoms with Crippen LogP contribution in [0.3, 0.4) is 0 Å². The minimum absolute atomic E-state index is 0.186. The standard InChI is InChI=1S/C18H17Cl2N3O2/c1-11-4-5-12(10-21-11)18(25)23-6-2-3-16(23)17(24)22-15-8-13(19)7-14(20)9-15/h4-5,7-10,16H,2-3,6H2,1H3,(H,22,24)/t16-/m0/s1. The van der Waals surface area contributed by atoms with Crippen LogP contribution in [0.25, 0.3) is 0 Å². The molecule has 1 N–H and O–H groups in total. The van der Waals surface area contributed by atoms with Gasteiger partial charge in [-0.2, -0.15) is 0 Å². The van der Waals surface area contributed by atoms with Crippen molar-refractivity contribution < 1.29 is 9.59 Å². The van der Waals surface area contributed by atoms with Crippen molar-refractivity contribution in [3.05, 3.63) is 57.8 Å². The van der Waals surface area contributed by atoms with Crippen LogP contribution < -0.4 is 5.32 Å². The molecular weight excluding hydrogens is 361 g/mol. The van der Waals surface area contributed by atoms with E-state index in [1.165, 1.54) is 0 Å². The Morgan fingerprint density at radius 3 is 2.56 bits per heavy atom. The van der Waals surface area contributed by atoms with E-state index in [2.05, 4.69) is 10.3 Å². The van der Waals surface area contributed by atoms with Gasteiger partial charge < -0.3 is 10.2 Å². The molecule has 1 aliphatic rings. The SMILES string of the molecule is Cc1ccc(C(=O)N2CCC[C@H]2C(=O)Nc2cc(Cl)cc(Cl)c2)cn1. The molecule has 1 atom stereocenters. The Bertz CT molecular complexity index is 788. The summed E-state index contributed by atoms with van der Waals surface area (Å²) in [6.07, 6.45) is 2.94. The van der Waals surface area contributed by atoms with Crippen LogP contribution in [0.2, 0.25) is 10.0 Å². The van der Waals surface area contributed by atoms with E-state index >= 15 is 0 Å². The molecule has 25 heavy (non-hydrogen) atoms. The summed E-state index contributed by atoms with van der Waals surface area (Å²) >= 11 is 11.9. The normalized spacial score (nSPS) is 16.8. The quantitative estimate of drug-likeness (QED) is 0.880. The lowest BCUT2D eigenvalue weighted by molar-refractivity contribution is -0.119. The van der Waals surface area contributed by atoms with Gasteiger partial charge in [-0.3, -0.25) is 14.6 Å². The molecule has 130 valence electrons.